The predicted octanol–water partition coefficient (Wildman–Crippen LogP) is 0.747. The number of aliphatic hydroxyl groups is 1. The van der Waals surface area contributed by atoms with Crippen LogP contribution < -0.4 is 0 Å². The number of aliphatic hydroxyl groups excluding tert-OH is 1. The molecule has 0 heterocycles. The number of hydrogen-bond donors (Lipinski definition) is 1. The smallest absolute Gasteiger partial charge is 0.243 e. The molecule has 6 heteroatoms. The molecule has 4 nitrogen and oxygen atoms in total. The van der Waals surface area contributed by atoms with E-state index in [1.165, 1.54) is 26.1 Å². The van der Waals surface area contributed by atoms with Gasteiger partial charge in [-0.05, 0) is 30.7 Å². The molecule has 0 unspecified atom stereocenters. The van der Waals surface area contributed by atoms with E-state index in [1.807, 2.05) is 0 Å². The molecule has 0 saturated carbocycles. The summed E-state index contributed by atoms with van der Waals surface area (Å²) in [5.74, 6) is -0.471. The second-order valence-electron chi connectivity index (χ2n) is 3.46. The van der Waals surface area contributed by atoms with Gasteiger partial charge in [0.1, 0.15) is 5.82 Å². The van der Waals surface area contributed by atoms with Crippen molar-refractivity contribution in [2.24, 2.45) is 0 Å². The fourth-order valence-electron chi connectivity index (χ4n) is 1.33. The first-order valence-corrected chi connectivity index (χ1v) is 6.17. The Labute approximate surface area is 94.4 Å². The Hall–Kier alpha value is -0.980. The Morgan fingerprint density at radius 1 is 1.44 bits per heavy atom. The molecule has 0 saturated heterocycles. The summed E-state index contributed by atoms with van der Waals surface area (Å²) in [6, 6.07) is 3.50. The summed E-state index contributed by atoms with van der Waals surface area (Å²) >= 11 is 0. The van der Waals surface area contributed by atoms with Crippen molar-refractivity contribution >= 4 is 10.0 Å². The van der Waals surface area contributed by atoms with Gasteiger partial charge < -0.3 is 5.11 Å². The highest BCUT2D eigenvalue weighted by Gasteiger charge is 2.22. The van der Waals surface area contributed by atoms with Gasteiger partial charge in [0.05, 0.1) is 11.5 Å². The van der Waals surface area contributed by atoms with Gasteiger partial charge in [-0.1, -0.05) is 0 Å². The van der Waals surface area contributed by atoms with E-state index in [2.05, 4.69) is 0 Å². The van der Waals surface area contributed by atoms with Crippen LogP contribution in [0.1, 0.15) is 5.56 Å². The van der Waals surface area contributed by atoms with Crippen LogP contribution in [-0.4, -0.2) is 38.0 Å². The van der Waals surface area contributed by atoms with E-state index >= 15 is 0 Å². The molecule has 0 amide bonds. The Morgan fingerprint density at radius 3 is 2.56 bits per heavy atom. The van der Waals surface area contributed by atoms with Crippen molar-refractivity contribution in [1.82, 2.24) is 4.31 Å². The molecule has 0 aliphatic carbocycles. The molecule has 1 rings (SSSR count). The maximum absolute atomic E-state index is 12.8. The highest BCUT2D eigenvalue weighted by molar-refractivity contribution is 7.89. The predicted molar refractivity (Wildman–Crippen MR) is 58.0 cm³/mol. The van der Waals surface area contributed by atoms with Gasteiger partial charge in [0.2, 0.25) is 10.0 Å². The van der Waals surface area contributed by atoms with E-state index in [-0.39, 0.29) is 18.0 Å². The summed E-state index contributed by atoms with van der Waals surface area (Å²) in [5.41, 5.74) is 0.352. The molecule has 90 valence electrons. The number of sulfonamides is 1. The zero-order valence-corrected chi connectivity index (χ0v) is 9.96. The standard InChI is InChI=1S/C10H14FNO3S/c1-8-7-9(11)3-4-10(8)16(14,15)12(2)5-6-13/h3-4,7,13H,5-6H2,1-2H3. The van der Waals surface area contributed by atoms with Crippen LogP contribution in [0.4, 0.5) is 4.39 Å². The number of halogens is 1. The topological polar surface area (TPSA) is 57.6 Å². The maximum atomic E-state index is 12.8. The number of rotatable bonds is 4. The SMILES string of the molecule is Cc1cc(F)ccc1S(=O)(=O)N(C)CCO. The molecule has 1 N–H and O–H groups in total. The van der Waals surface area contributed by atoms with Crippen molar-refractivity contribution in [2.45, 2.75) is 11.8 Å². The lowest BCUT2D eigenvalue weighted by molar-refractivity contribution is 0.266. The van der Waals surface area contributed by atoms with Crippen molar-refractivity contribution in [3.8, 4) is 0 Å². The maximum Gasteiger partial charge on any atom is 0.243 e. The normalized spacial score (nSPS) is 12.1. The highest BCUT2D eigenvalue weighted by atomic mass is 32.2. The molecule has 1 aromatic rings. The molecule has 0 aromatic heterocycles. The van der Waals surface area contributed by atoms with Crippen molar-refractivity contribution in [1.29, 1.82) is 0 Å². The number of benzene rings is 1. The molecule has 0 aliphatic heterocycles. The van der Waals surface area contributed by atoms with Gasteiger partial charge in [-0.15, -0.1) is 0 Å². The van der Waals surface area contributed by atoms with Gasteiger partial charge in [-0.2, -0.15) is 4.31 Å². The van der Waals surface area contributed by atoms with Crippen LogP contribution in [0, 0.1) is 12.7 Å². The number of likely N-dealkylation sites (N-methyl/N-ethyl adjacent to an activating group) is 1. The zero-order chi connectivity index (χ0) is 12.3. The minimum Gasteiger partial charge on any atom is -0.395 e. The van der Waals surface area contributed by atoms with E-state index in [1.54, 1.807) is 0 Å². The second-order valence-corrected chi connectivity index (χ2v) is 5.47. The van der Waals surface area contributed by atoms with Gasteiger partial charge in [0.25, 0.3) is 0 Å². The molecule has 0 bridgehead atoms. The molecular weight excluding hydrogens is 233 g/mol. The van der Waals surface area contributed by atoms with E-state index in [4.69, 9.17) is 5.11 Å². The number of hydrogen-bond acceptors (Lipinski definition) is 3. The molecule has 0 aliphatic rings. The van der Waals surface area contributed by atoms with Crippen molar-refractivity contribution in [3.05, 3.63) is 29.6 Å². The molecule has 1 aromatic carbocycles. The highest BCUT2D eigenvalue weighted by Crippen LogP contribution is 2.19. The quantitative estimate of drug-likeness (QED) is 0.854. The first-order valence-electron chi connectivity index (χ1n) is 4.73. The third kappa shape index (κ3) is 2.58. The molecule has 16 heavy (non-hydrogen) atoms. The fraction of sp³-hybridized carbons (Fsp3) is 0.400. The monoisotopic (exact) mass is 247 g/mol. The lowest BCUT2D eigenvalue weighted by atomic mass is 10.2. The van der Waals surface area contributed by atoms with E-state index in [0.29, 0.717) is 5.56 Å². The van der Waals surface area contributed by atoms with Crippen LogP contribution in [0.15, 0.2) is 23.1 Å². The van der Waals surface area contributed by atoms with Crippen LogP contribution in [-0.2, 0) is 10.0 Å². The lowest BCUT2D eigenvalue weighted by Crippen LogP contribution is -2.30. The van der Waals surface area contributed by atoms with E-state index in [0.717, 1.165) is 10.4 Å². The Bertz CT molecular complexity index is 473. The fourth-order valence-corrected chi connectivity index (χ4v) is 2.69. The molecule has 0 atom stereocenters. The van der Waals surface area contributed by atoms with E-state index < -0.39 is 15.8 Å². The number of aryl methyl sites for hydroxylation is 1. The van der Waals surface area contributed by atoms with Gasteiger partial charge >= 0.3 is 0 Å². The summed E-state index contributed by atoms with van der Waals surface area (Å²) in [6.45, 7) is 1.29. The molecule has 0 fully saturated rings. The molecular formula is C10H14FNO3S. The third-order valence-corrected chi connectivity index (χ3v) is 4.26. The van der Waals surface area contributed by atoms with Crippen molar-refractivity contribution < 1.29 is 17.9 Å². The van der Waals surface area contributed by atoms with Gasteiger partial charge in [-0.25, -0.2) is 12.8 Å². The summed E-state index contributed by atoms with van der Waals surface area (Å²) in [7, 11) is -2.27. The lowest BCUT2D eigenvalue weighted by Gasteiger charge is -2.17. The van der Waals surface area contributed by atoms with Crippen LogP contribution in [0.5, 0.6) is 0 Å². The minimum absolute atomic E-state index is 0.0130. The van der Waals surface area contributed by atoms with Crippen LogP contribution in [0.3, 0.4) is 0 Å². The van der Waals surface area contributed by atoms with Crippen molar-refractivity contribution in [2.75, 3.05) is 20.2 Å². The van der Waals surface area contributed by atoms with Crippen molar-refractivity contribution in [3.63, 3.8) is 0 Å². The van der Waals surface area contributed by atoms with Gasteiger partial charge in [-0.3, -0.25) is 0 Å². The zero-order valence-electron chi connectivity index (χ0n) is 9.14. The summed E-state index contributed by atoms with van der Waals surface area (Å²) < 4.78 is 37.8. The average molecular weight is 247 g/mol. The third-order valence-electron chi connectivity index (χ3n) is 2.24. The Morgan fingerprint density at radius 2 is 2.06 bits per heavy atom. The second kappa shape index (κ2) is 4.90. The molecule has 0 spiro atoms. The Balaban J connectivity index is 3.17. The van der Waals surface area contributed by atoms with Gasteiger partial charge in [0, 0.05) is 13.6 Å². The van der Waals surface area contributed by atoms with Gasteiger partial charge in [0.15, 0.2) is 0 Å². The van der Waals surface area contributed by atoms with Crippen LogP contribution in [0.2, 0.25) is 0 Å². The minimum atomic E-state index is -3.64. The Kier molecular flexibility index (Phi) is 4.01. The van der Waals surface area contributed by atoms with Crippen LogP contribution >= 0.6 is 0 Å². The number of nitrogens with zero attached hydrogens (tertiary/aromatic N) is 1. The largest absolute Gasteiger partial charge is 0.395 e. The van der Waals surface area contributed by atoms with Crippen LogP contribution in [0.25, 0.3) is 0 Å². The van der Waals surface area contributed by atoms with E-state index in [9.17, 15) is 12.8 Å². The average Bonchev–Trinajstić information content (AvgIpc) is 2.17. The first kappa shape index (κ1) is 13.1. The first-order chi connectivity index (χ1) is 7.39. The molecule has 0 radical (unpaired) electrons. The summed E-state index contributed by atoms with van der Waals surface area (Å²) in [4.78, 5) is 0.0600. The summed E-state index contributed by atoms with van der Waals surface area (Å²) in [5, 5.41) is 8.69. The summed E-state index contributed by atoms with van der Waals surface area (Å²) in [6.07, 6.45) is 0.